The van der Waals surface area contributed by atoms with Crippen molar-refractivity contribution in [1.82, 2.24) is 8.87 Å². The molecule has 1 aromatic heterocycles. The molecule has 3 aromatic rings. The van der Waals surface area contributed by atoms with Crippen molar-refractivity contribution in [3.05, 3.63) is 71.9 Å². The first kappa shape index (κ1) is 17.3. The van der Waals surface area contributed by atoms with E-state index in [0.717, 1.165) is 12.0 Å². The van der Waals surface area contributed by atoms with Crippen molar-refractivity contribution in [1.29, 1.82) is 0 Å². The van der Waals surface area contributed by atoms with Gasteiger partial charge in [-0.05, 0) is 35.9 Å². The number of benzene rings is 2. The zero-order valence-electron chi connectivity index (χ0n) is 15.0. The topological polar surface area (TPSA) is 42.3 Å². The van der Waals surface area contributed by atoms with E-state index in [1.54, 1.807) is 4.31 Å². The van der Waals surface area contributed by atoms with Crippen molar-refractivity contribution in [2.45, 2.75) is 18.8 Å². The molecule has 2 heterocycles. The molecule has 0 radical (unpaired) electrons. The summed E-state index contributed by atoms with van der Waals surface area (Å²) in [5.41, 5.74) is 3.50. The van der Waals surface area contributed by atoms with Crippen LogP contribution in [0.1, 0.15) is 23.6 Å². The molecular weight excluding hydrogens is 344 g/mol. The van der Waals surface area contributed by atoms with Gasteiger partial charge in [-0.15, -0.1) is 0 Å². The van der Waals surface area contributed by atoms with Crippen molar-refractivity contribution in [2.24, 2.45) is 7.05 Å². The van der Waals surface area contributed by atoms with E-state index >= 15 is 0 Å². The SMILES string of the molecule is Cn1c(C2CCN(S(=O)(=O)CCc3ccccc3)C2)cc2ccccc21. The van der Waals surface area contributed by atoms with Gasteiger partial charge >= 0.3 is 0 Å². The summed E-state index contributed by atoms with van der Waals surface area (Å²) in [6, 6.07) is 20.3. The molecule has 1 aliphatic rings. The van der Waals surface area contributed by atoms with Gasteiger partial charge in [-0.25, -0.2) is 12.7 Å². The van der Waals surface area contributed by atoms with Crippen LogP contribution in [-0.4, -0.2) is 36.1 Å². The fraction of sp³-hybridized carbons (Fsp3) is 0.333. The van der Waals surface area contributed by atoms with Gasteiger partial charge in [-0.2, -0.15) is 0 Å². The first-order valence-electron chi connectivity index (χ1n) is 9.11. The van der Waals surface area contributed by atoms with E-state index in [0.29, 0.717) is 19.5 Å². The van der Waals surface area contributed by atoms with Gasteiger partial charge in [0.25, 0.3) is 0 Å². The standard InChI is InChI=1S/C21H24N2O2S/c1-22-20-10-6-5-9-18(20)15-21(22)19-11-13-23(16-19)26(24,25)14-12-17-7-3-2-4-8-17/h2-10,15,19H,11-14,16H2,1H3. The molecular formula is C21H24N2O2S. The average molecular weight is 369 g/mol. The fourth-order valence-corrected chi connectivity index (χ4v) is 5.49. The maximum absolute atomic E-state index is 12.8. The Kier molecular flexibility index (Phi) is 4.59. The molecule has 1 atom stereocenters. The summed E-state index contributed by atoms with van der Waals surface area (Å²) < 4.78 is 29.4. The summed E-state index contributed by atoms with van der Waals surface area (Å²) in [5, 5.41) is 1.22. The Hall–Kier alpha value is -2.11. The van der Waals surface area contributed by atoms with E-state index in [1.807, 2.05) is 42.5 Å². The van der Waals surface area contributed by atoms with Crippen LogP contribution in [0, 0.1) is 0 Å². The zero-order chi connectivity index (χ0) is 18.1. The van der Waals surface area contributed by atoms with E-state index in [4.69, 9.17) is 0 Å². The van der Waals surface area contributed by atoms with Gasteiger partial charge in [0, 0.05) is 37.3 Å². The number of rotatable bonds is 5. The molecule has 1 aliphatic heterocycles. The predicted octanol–water partition coefficient (Wildman–Crippen LogP) is 3.54. The zero-order valence-corrected chi connectivity index (χ0v) is 15.8. The highest BCUT2D eigenvalue weighted by Crippen LogP contribution is 2.32. The number of hydrogen-bond donors (Lipinski definition) is 0. The molecule has 1 saturated heterocycles. The second kappa shape index (κ2) is 6.89. The van der Waals surface area contributed by atoms with Gasteiger partial charge in [-0.1, -0.05) is 48.5 Å². The molecule has 5 heteroatoms. The van der Waals surface area contributed by atoms with Gasteiger partial charge in [0.2, 0.25) is 10.0 Å². The summed E-state index contributed by atoms with van der Waals surface area (Å²) >= 11 is 0. The van der Waals surface area contributed by atoms with Crippen LogP contribution in [0.3, 0.4) is 0 Å². The Labute approximate surface area is 155 Å². The average Bonchev–Trinajstić information content (AvgIpc) is 3.27. The van der Waals surface area contributed by atoms with Crippen LogP contribution < -0.4 is 0 Å². The predicted molar refractivity (Wildman–Crippen MR) is 106 cm³/mol. The quantitative estimate of drug-likeness (QED) is 0.691. The Bertz CT molecular complexity index is 1010. The minimum atomic E-state index is -3.22. The summed E-state index contributed by atoms with van der Waals surface area (Å²) in [6.45, 7) is 1.20. The highest BCUT2D eigenvalue weighted by Gasteiger charge is 2.33. The molecule has 26 heavy (non-hydrogen) atoms. The first-order chi connectivity index (χ1) is 12.5. The van der Waals surface area contributed by atoms with Gasteiger partial charge in [0.15, 0.2) is 0 Å². The molecule has 1 unspecified atom stereocenters. The molecule has 1 fully saturated rings. The van der Waals surface area contributed by atoms with Gasteiger partial charge in [0.05, 0.1) is 5.75 Å². The lowest BCUT2D eigenvalue weighted by atomic mass is 10.1. The van der Waals surface area contributed by atoms with Gasteiger partial charge in [-0.3, -0.25) is 0 Å². The Morgan fingerprint density at radius 3 is 2.54 bits per heavy atom. The maximum Gasteiger partial charge on any atom is 0.214 e. The van der Waals surface area contributed by atoms with Crippen LogP contribution in [0.2, 0.25) is 0 Å². The van der Waals surface area contributed by atoms with E-state index in [1.165, 1.54) is 16.6 Å². The Morgan fingerprint density at radius 1 is 1.04 bits per heavy atom. The monoisotopic (exact) mass is 368 g/mol. The van der Waals surface area contributed by atoms with Crippen molar-refractivity contribution in [2.75, 3.05) is 18.8 Å². The number of aromatic nitrogens is 1. The van der Waals surface area contributed by atoms with E-state index < -0.39 is 10.0 Å². The summed E-state index contributed by atoms with van der Waals surface area (Å²) in [4.78, 5) is 0. The van der Waals surface area contributed by atoms with Crippen LogP contribution in [0.4, 0.5) is 0 Å². The number of nitrogens with zero attached hydrogens (tertiary/aromatic N) is 2. The molecule has 2 aromatic carbocycles. The van der Waals surface area contributed by atoms with E-state index in [-0.39, 0.29) is 11.7 Å². The number of para-hydroxylation sites is 1. The van der Waals surface area contributed by atoms with Crippen LogP contribution in [0.25, 0.3) is 10.9 Å². The second-order valence-electron chi connectivity index (χ2n) is 7.08. The van der Waals surface area contributed by atoms with Crippen LogP contribution in [0.15, 0.2) is 60.7 Å². The highest BCUT2D eigenvalue weighted by molar-refractivity contribution is 7.89. The largest absolute Gasteiger partial charge is 0.347 e. The van der Waals surface area contributed by atoms with Gasteiger partial charge < -0.3 is 4.57 Å². The highest BCUT2D eigenvalue weighted by atomic mass is 32.2. The Balaban J connectivity index is 1.48. The van der Waals surface area contributed by atoms with Crippen molar-refractivity contribution < 1.29 is 8.42 Å². The normalized spacial score (nSPS) is 18.6. The molecule has 0 N–H and O–H groups in total. The molecule has 0 bridgehead atoms. The van der Waals surface area contributed by atoms with E-state index in [9.17, 15) is 8.42 Å². The number of aryl methyl sites for hydroxylation is 2. The van der Waals surface area contributed by atoms with Crippen molar-refractivity contribution >= 4 is 20.9 Å². The van der Waals surface area contributed by atoms with Gasteiger partial charge in [0.1, 0.15) is 0 Å². The maximum atomic E-state index is 12.8. The molecule has 0 saturated carbocycles. The molecule has 0 aliphatic carbocycles. The van der Waals surface area contributed by atoms with Crippen LogP contribution in [0.5, 0.6) is 0 Å². The molecule has 4 nitrogen and oxygen atoms in total. The summed E-state index contributed by atoms with van der Waals surface area (Å²) in [6.07, 6.45) is 1.45. The van der Waals surface area contributed by atoms with Crippen molar-refractivity contribution in [3.8, 4) is 0 Å². The first-order valence-corrected chi connectivity index (χ1v) is 10.7. The van der Waals surface area contributed by atoms with E-state index in [2.05, 4.69) is 29.8 Å². The number of hydrogen-bond acceptors (Lipinski definition) is 2. The lowest BCUT2D eigenvalue weighted by Gasteiger charge is -2.17. The third-order valence-corrected chi connectivity index (χ3v) is 7.28. The number of sulfonamides is 1. The third-order valence-electron chi connectivity index (χ3n) is 5.44. The smallest absolute Gasteiger partial charge is 0.214 e. The number of fused-ring (bicyclic) bond motifs is 1. The summed E-state index contributed by atoms with van der Waals surface area (Å²) in [7, 11) is -1.14. The molecule has 0 amide bonds. The fourth-order valence-electron chi connectivity index (χ4n) is 3.94. The van der Waals surface area contributed by atoms with Crippen molar-refractivity contribution in [3.63, 3.8) is 0 Å². The third kappa shape index (κ3) is 3.29. The summed E-state index contributed by atoms with van der Waals surface area (Å²) in [5.74, 6) is 0.442. The lowest BCUT2D eigenvalue weighted by Crippen LogP contribution is -2.31. The second-order valence-corrected chi connectivity index (χ2v) is 9.17. The molecule has 0 spiro atoms. The molecule has 4 rings (SSSR count). The minimum absolute atomic E-state index is 0.179. The molecule has 136 valence electrons. The van der Waals surface area contributed by atoms with Crippen LogP contribution in [-0.2, 0) is 23.5 Å². The van der Waals surface area contributed by atoms with Crippen LogP contribution >= 0.6 is 0 Å². The minimum Gasteiger partial charge on any atom is -0.347 e. The Morgan fingerprint density at radius 2 is 1.77 bits per heavy atom. The lowest BCUT2D eigenvalue weighted by molar-refractivity contribution is 0.471.